The Morgan fingerprint density at radius 1 is 1.17 bits per heavy atom. The van der Waals surface area contributed by atoms with Crippen molar-refractivity contribution in [3.05, 3.63) is 35.9 Å². The number of hydrogen-bond acceptors (Lipinski definition) is 4. The molecule has 160 valence electrons. The highest BCUT2D eigenvalue weighted by Crippen LogP contribution is 2.19. The Labute approximate surface area is 171 Å². The maximum Gasteiger partial charge on any atom is 0.410 e. The van der Waals surface area contributed by atoms with E-state index in [-0.39, 0.29) is 24.5 Å². The van der Waals surface area contributed by atoms with Crippen molar-refractivity contribution in [1.82, 2.24) is 15.1 Å². The lowest BCUT2D eigenvalue weighted by atomic mass is 9.96. The van der Waals surface area contributed by atoms with Crippen LogP contribution in [0, 0.1) is 5.92 Å². The molecule has 29 heavy (non-hydrogen) atoms. The largest absolute Gasteiger partial charge is 0.465 e. The number of ether oxygens (including phenoxy) is 1. The monoisotopic (exact) mass is 405 g/mol. The number of likely N-dealkylation sites (tertiary alicyclic amines) is 1. The first-order valence-electron chi connectivity index (χ1n) is 10.1. The molecule has 1 heterocycles. The molecule has 0 unspecified atom stereocenters. The molecule has 0 saturated carbocycles. The van der Waals surface area contributed by atoms with Gasteiger partial charge in [-0.15, -0.1) is 0 Å². The summed E-state index contributed by atoms with van der Waals surface area (Å²) in [7, 11) is 0. The molecule has 1 fully saturated rings. The zero-order valence-electron chi connectivity index (χ0n) is 17.0. The number of nitrogens with zero attached hydrogens (tertiary/aromatic N) is 2. The summed E-state index contributed by atoms with van der Waals surface area (Å²) in [6, 6.07) is 9.54. The van der Waals surface area contributed by atoms with Gasteiger partial charge in [0.25, 0.3) is 0 Å². The van der Waals surface area contributed by atoms with E-state index < -0.39 is 6.09 Å². The van der Waals surface area contributed by atoms with Crippen LogP contribution in [-0.4, -0.2) is 65.7 Å². The van der Waals surface area contributed by atoms with Gasteiger partial charge in [0, 0.05) is 39.6 Å². The average Bonchev–Trinajstić information content (AvgIpc) is 2.71. The first-order valence-corrected chi connectivity index (χ1v) is 10.1. The van der Waals surface area contributed by atoms with Crippen molar-refractivity contribution in [2.24, 2.45) is 5.92 Å². The van der Waals surface area contributed by atoms with E-state index in [0.29, 0.717) is 32.7 Å². The van der Waals surface area contributed by atoms with Gasteiger partial charge in [0.15, 0.2) is 0 Å². The molecule has 0 radical (unpaired) electrons. The summed E-state index contributed by atoms with van der Waals surface area (Å²) in [4.78, 5) is 37.8. The Bertz CT molecular complexity index is 660. The van der Waals surface area contributed by atoms with Crippen LogP contribution >= 0.6 is 0 Å². The topological polar surface area (TPSA) is 99.2 Å². The lowest BCUT2D eigenvalue weighted by Gasteiger charge is -2.33. The standard InChI is InChI=1S/C21H31N3O5/c1-17(25)22-11-5-6-12-24(15-18-9-13-23(14-10-18)20(26)27)21(28)29-16-19-7-3-2-4-8-19/h2-4,7-8,18H,5-6,9-16H2,1H3,(H,22,25)(H,26,27). The quantitative estimate of drug-likeness (QED) is 0.616. The minimum atomic E-state index is -0.888. The number of carbonyl (C=O) groups excluding carboxylic acids is 2. The third-order valence-electron chi connectivity index (χ3n) is 5.06. The summed E-state index contributed by atoms with van der Waals surface area (Å²) in [5, 5.41) is 11.8. The predicted octanol–water partition coefficient (Wildman–Crippen LogP) is 2.93. The van der Waals surface area contributed by atoms with Gasteiger partial charge in [0.1, 0.15) is 6.61 Å². The number of piperidine rings is 1. The number of nitrogens with one attached hydrogen (secondary N) is 1. The molecule has 0 aromatic heterocycles. The van der Waals surface area contributed by atoms with E-state index >= 15 is 0 Å². The van der Waals surface area contributed by atoms with Gasteiger partial charge in [-0.1, -0.05) is 30.3 Å². The van der Waals surface area contributed by atoms with E-state index in [2.05, 4.69) is 5.32 Å². The Balaban J connectivity index is 1.85. The molecule has 0 aliphatic carbocycles. The second-order valence-electron chi connectivity index (χ2n) is 7.39. The number of unbranched alkanes of at least 4 members (excludes halogenated alkanes) is 1. The van der Waals surface area contributed by atoms with Crippen LogP contribution in [0.15, 0.2) is 30.3 Å². The predicted molar refractivity (Wildman–Crippen MR) is 108 cm³/mol. The molecule has 1 aliphatic heterocycles. The van der Waals surface area contributed by atoms with Crippen molar-refractivity contribution in [3.63, 3.8) is 0 Å². The highest BCUT2D eigenvalue weighted by Gasteiger charge is 2.26. The molecule has 8 heteroatoms. The van der Waals surface area contributed by atoms with E-state index in [4.69, 9.17) is 9.84 Å². The van der Waals surface area contributed by atoms with Crippen LogP contribution < -0.4 is 5.32 Å². The van der Waals surface area contributed by atoms with Crippen molar-refractivity contribution in [3.8, 4) is 0 Å². The number of carboxylic acid groups (broad SMARTS) is 1. The van der Waals surface area contributed by atoms with E-state index in [1.165, 1.54) is 11.8 Å². The minimum absolute atomic E-state index is 0.0608. The van der Waals surface area contributed by atoms with Crippen LogP contribution in [0.1, 0.15) is 38.2 Å². The van der Waals surface area contributed by atoms with E-state index in [1.54, 1.807) is 4.90 Å². The van der Waals surface area contributed by atoms with Gasteiger partial charge in [-0.05, 0) is 37.2 Å². The van der Waals surface area contributed by atoms with Crippen molar-refractivity contribution >= 4 is 18.1 Å². The Kier molecular flexibility index (Phi) is 9.27. The lowest BCUT2D eigenvalue weighted by Crippen LogP contribution is -2.43. The van der Waals surface area contributed by atoms with Gasteiger partial charge in [-0.2, -0.15) is 0 Å². The molecule has 2 rings (SSSR count). The molecule has 0 bridgehead atoms. The van der Waals surface area contributed by atoms with E-state index in [9.17, 15) is 14.4 Å². The van der Waals surface area contributed by atoms with Crippen molar-refractivity contribution in [2.75, 3.05) is 32.7 Å². The summed E-state index contributed by atoms with van der Waals surface area (Å²) in [6.07, 6.45) is 1.77. The van der Waals surface area contributed by atoms with Crippen molar-refractivity contribution < 1.29 is 24.2 Å². The Morgan fingerprint density at radius 3 is 2.48 bits per heavy atom. The molecule has 8 nitrogen and oxygen atoms in total. The van der Waals surface area contributed by atoms with Crippen LogP contribution in [0.4, 0.5) is 9.59 Å². The first kappa shape index (κ1) is 22.5. The SMILES string of the molecule is CC(=O)NCCCCN(CC1CCN(C(=O)O)CC1)C(=O)OCc1ccccc1. The molecule has 2 N–H and O–H groups in total. The summed E-state index contributed by atoms with van der Waals surface area (Å²) in [5.41, 5.74) is 0.932. The molecule has 1 aromatic rings. The summed E-state index contributed by atoms with van der Waals surface area (Å²) >= 11 is 0. The normalized spacial score (nSPS) is 14.3. The molecule has 1 aliphatic rings. The second kappa shape index (κ2) is 11.9. The fraction of sp³-hybridized carbons (Fsp3) is 0.571. The lowest BCUT2D eigenvalue weighted by molar-refractivity contribution is -0.118. The van der Waals surface area contributed by atoms with E-state index in [0.717, 1.165) is 31.2 Å². The molecule has 1 aromatic carbocycles. The third kappa shape index (κ3) is 8.41. The van der Waals surface area contributed by atoms with Gasteiger partial charge >= 0.3 is 12.2 Å². The zero-order valence-corrected chi connectivity index (χ0v) is 17.0. The highest BCUT2D eigenvalue weighted by molar-refractivity contribution is 5.72. The average molecular weight is 405 g/mol. The fourth-order valence-electron chi connectivity index (χ4n) is 3.38. The summed E-state index contributed by atoms with van der Waals surface area (Å²) in [6.45, 7) is 4.38. The van der Waals surface area contributed by atoms with Gasteiger partial charge in [0.05, 0.1) is 0 Å². The third-order valence-corrected chi connectivity index (χ3v) is 5.06. The molecule has 3 amide bonds. The fourth-order valence-corrected chi connectivity index (χ4v) is 3.38. The number of hydrogen-bond donors (Lipinski definition) is 2. The zero-order chi connectivity index (χ0) is 21.1. The van der Waals surface area contributed by atoms with Crippen LogP contribution in [0.5, 0.6) is 0 Å². The first-order chi connectivity index (χ1) is 14.0. The highest BCUT2D eigenvalue weighted by atomic mass is 16.6. The summed E-state index contributed by atoms with van der Waals surface area (Å²) in [5.74, 6) is 0.194. The van der Waals surface area contributed by atoms with Crippen molar-refractivity contribution in [2.45, 2.75) is 39.2 Å². The smallest absolute Gasteiger partial charge is 0.410 e. The number of carbonyl (C=O) groups is 3. The summed E-state index contributed by atoms with van der Waals surface area (Å²) < 4.78 is 5.50. The van der Waals surface area contributed by atoms with Gasteiger partial charge < -0.3 is 25.0 Å². The maximum absolute atomic E-state index is 12.7. The van der Waals surface area contributed by atoms with Crippen LogP contribution in [0.2, 0.25) is 0 Å². The Morgan fingerprint density at radius 2 is 1.86 bits per heavy atom. The second-order valence-corrected chi connectivity index (χ2v) is 7.39. The van der Waals surface area contributed by atoms with Crippen molar-refractivity contribution in [1.29, 1.82) is 0 Å². The van der Waals surface area contributed by atoms with Crippen LogP contribution in [0.25, 0.3) is 0 Å². The van der Waals surface area contributed by atoms with Crippen LogP contribution in [0.3, 0.4) is 0 Å². The van der Waals surface area contributed by atoms with Gasteiger partial charge in [-0.25, -0.2) is 9.59 Å². The molecular formula is C21H31N3O5. The van der Waals surface area contributed by atoms with E-state index in [1.807, 2.05) is 30.3 Å². The number of rotatable bonds is 9. The Hall–Kier alpha value is -2.77. The molecule has 0 atom stereocenters. The minimum Gasteiger partial charge on any atom is -0.465 e. The van der Waals surface area contributed by atoms with Gasteiger partial charge in [-0.3, -0.25) is 4.79 Å². The molecule has 0 spiro atoms. The number of benzene rings is 1. The maximum atomic E-state index is 12.7. The number of amides is 3. The molecule has 1 saturated heterocycles. The van der Waals surface area contributed by atoms with Crippen LogP contribution in [-0.2, 0) is 16.1 Å². The molecular weight excluding hydrogens is 374 g/mol. The van der Waals surface area contributed by atoms with Gasteiger partial charge in [0.2, 0.25) is 5.91 Å².